The van der Waals surface area contributed by atoms with Gasteiger partial charge in [0.15, 0.2) is 0 Å². The van der Waals surface area contributed by atoms with E-state index in [1.165, 1.54) is 27.5 Å². The molecule has 1 aromatic heterocycles. The van der Waals surface area contributed by atoms with Crippen molar-refractivity contribution in [3.05, 3.63) is 101 Å². The number of allylic oxidation sites excluding steroid dienone is 8. The van der Waals surface area contributed by atoms with Crippen molar-refractivity contribution in [1.29, 1.82) is 0 Å². The normalized spacial score (nSPS) is 18.2. The lowest BCUT2D eigenvalue weighted by Gasteiger charge is -2.20. The van der Waals surface area contributed by atoms with Crippen LogP contribution in [0.3, 0.4) is 0 Å². The third kappa shape index (κ3) is 6.11. The summed E-state index contributed by atoms with van der Waals surface area (Å²) in [6, 6.07) is 0. The van der Waals surface area contributed by atoms with Gasteiger partial charge in [0.25, 0.3) is 0 Å². The highest BCUT2D eigenvalue weighted by atomic mass is 32.1. The second kappa shape index (κ2) is 12.5. The molecule has 0 spiro atoms. The van der Waals surface area contributed by atoms with E-state index in [2.05, 4.69) is 50.2 Å². The van der Waals surface area contributed by atoms with Crippen molar-refractivity contribution >= 4 is 34.6 Å². The van der Waals surface area contributed by atoms with Crippen molar-refractivity contribution in [2.75, 3.05) is 13.1 Å². The molecule has 3 heterocycles. The number of aromatic nitrogens is 1. The van der Waals surface area contributed by atoms with E-state index in [4.69, 9.17) is 14.4 Å². The van der Waals surface area contributed by atoms with Crippen molar-refractivity contribution in [2.45, 2.75) is 46.5 Å². The standard InChI is InChI=1S/C30H36N4S/c1-8-11-23(13-12-20(4)5)25-19-33-28(21(25)6)29(32-16-9-2)22(7)30-27(26(10-3)34-35-30)24-14-17-31-18-15-24/h8-11,13-14,16,19,22,31H,3-4,6,12,15,17-18H2,1-2,5,7H3/b11-8-,16-9-,23-13+,32-29?/t22-/m0/s1. The van der Waals surface area contributed by atoms with E-state index in [0.717, 1.165) is 65.3 Å². The first-order valence-corrected chi connectivity index (χ1v) is 12.9. The summed E-state index contributed by atoms with van der Waals surface area (Å²) < 4.78 is 4.74. The quantitative estimate of drug-likeness (QED) is 0.211. The summed E-state index contributed by atoms with van der Waals surface area (Å²) >= 11 is 1.53. The van der Waals surface area contributed by atoms with Gasteiger partial charge >= 0.3 is 0 Å². The Kier molecular flexibility index (Phi) is 9.47. The molecule has 1 N–H and O–H groups in total. The van der Waals surface area contributed by atoms with Gasteiger partial charge < -0.3 is 5.32 Å². The number of rotatable bonds is 10. The topological polar surface area (TPSA) is 49.6 Å². The van der Waals surface area contributed by atoms with Gasteiger partial charge in [0.2, 0.25) is 0 Å². The van der Waals surface area contributed by atoms with E-state index in [1.54, 1.807) is 0 Å². The van der Waals surface area contributed by atoms with E-state index >= 15 is 0 Å². The van der Waals surface area contributed by atoms with E-state index in [1.807, 2.05) is 51.4 Å². The van der Waals surface area contributed by atoms with Gasteiger partial charge in [-0.25, -0.2) is 0 Å². The van der Waals surface area contributed by atoms with Gasteiger partial charge in [-0.15, -0.1) is 0 Å². The van der Waals surface area contributed by atoms with Crippen molar-refractivity contribution in [3.8, 4) is 0 Å². The molecule has 2 aliphatic rings. The Bertz CT molecular complexity index is 1210. The first-order valence-electron chi connectivity index (χ1n) is 12.1. The molecule has 3 rings (SSSR count). The van der Waals surface area contributed by atoms with Crippen LogP contribution >= 0.6 is 11.5 Å². The zero-order valence-electron chi connectivity index (χ0n) is 21.4. The molecule has 0 radical (unpaired) electrons. The summed E-state index contributed by atoms with van der Waals surface area (Å²) in [4.78, 5) is 10.9. The highest BCUT2D eigenvalue weighted by Gasteiger charge is 2.30. The second-order valence-electron chi connectivity index (χ2n) is 8.73. The highest BCUT2D eigenvalue weighted by molar-refractivity contribution is 7.06. The van der Waals surface area contributed by atoms with Crippen LogP contribution < -0.4 is 5.32 Å². The molecule has 0 saturated heterocycles. The summed E-state index contributed by atoms with van der Waals surface area (Å²) in [6.07, 6.45) is 17.9. The third-order valence-corrected chi connectivity index (χ3v) is 7.04. The summed E-state index contributed by atoms with van der Waals surface area (Å²) in [5, 5.41) is 3.40. The molecule has 2 aliphatic heterocycles. The molecule has 0 fully saturated rings. The lowest BCUT2D eigenvalue weighted by molar-refractivity contribution is 0.738. The Morgan fingerprint density at radius 3 is 2.74 bits per heavy atom. The van der Waals surface area contributed by atoms with Gasteiger partial charge in [-0.05, 0) is 68.9 Å². The number of nitrogens with zero attached hydrogens (tertiary/aromatic N) is 3. The molecule has 0 bridgehead atoms. The molecule has 4 nitrogen and oxygen atoms in total. The van der Waals surface area contributed by atoms with Crippen LogP contribution in [0.2, 0.25) is 0 Å². The Hall–Kier alpha value is -3.15. The number of aliphatic imine (C=N–C) groups is 2. The molecule has 35 heavy (non-hydrogen) atoms. The van der Waals surface area contributed by atoms with Crippen LogP contribution in [0.5, 0.6) is 0 Å². The van der Waals surface area contributed by atoms with Crippen LogP contribution in [-0.2, 0) is 0 Å². The van der Waals surface area contributed by atoms with Crippen molar-refractivity contribution in [3.63, 3.8) is 0 Å². The number of nitrogens with one attached hydrogen (secondary N) is 1. The molecule has 0 aliphatic carbocycles. The minimum absolute atomic E-state index is 0.00370. The van der Waals surface area contributed by atoms with Gasteiger partial charge in [-0.3, -0.25) is 9.98 Å². The highest BCUT2D eigenvalue weighted by Crippen LogP contribution is 2.38. The first kappa shape index (κ1) is 26.5. The Morgan fingerprint density at radius 1 is 1.31 bits per heavy atom. The fourth-order valence-electron chi connectivity index (χ4n) is 4.19. The maximum absolute atomic E-state index is 4.87. The molecule has 1 aromatic rings. The predicted octanol–water partition coefficient (Wildman–Crippen LogP) is 7.60. The fourth-order valence-corrected chi connectivity index (χ4v) is 5.15. The molecule has 0 saturated carbocycles. The van der Waals surface area contributed by atoms with Gasteiger partial charge in [0.05, 0.1) is 17.1 Å². The summed E-state index contributed by atoms with van der Waals surface area (Å²) in [7, 11) is 0. The largest absolute Gasteiger partial charge is 0.313 e. The summed E-state index contributed by atoms with van der Waals surface area (Å²) in [6.45, 7) is 22.5. The molecular formula is C30H36N4S. The lowest BCUT2D eigenvalue weighted by atomic mass is 9.87. The second-order valence-corrected chi connectivity index (χ2v) is 9.54. The van der Waals surface area contributed by atoms with Gasteiger partial charge in [0, 0.05) is 46.4 Å². The first-order chi connectivity index (χ1) is 16.9. The van der Waals surface area contributed by atoms with E-state index in [9.17, 15) is 0 Å². The molecule has 1 atom stereocenters. The predicted molar refractivity (Wildman–Crippen MR) is 155 cm³/mol. The van der Waals surface area contributed by atoms with Crippen molar-refractivity contribution in [2.24, 2.45) is 9.98 Å². The number of hydrogen-bond acceptors (Lipinski definition) is 5. The summed E-state index contributed by atoms with van der Waals surface area (Å²) in [5.41, 5.74) is 9.32. The maximum Gasteiger partial charge on any atom is 0.0924 e. The molecular weight excluding hydrogens is 448 g/mol. The number of hydrogen-bond donors (Lipinski definition) is 1. The Labute approximate surface area is 214 Å². The lowest BCUT2D eigenvalue weighted by Crippen LogP contribution is -2.23. The van der Waals surface area contributed by atoms with Crippen LogP contribution in [0.25, 0.3) is 11.6 Å². The van der Waals surface area contributed by atoms with Crippen molar-refractivity contribution < 1.29 is 0 Å². The van der Waals surface area contributed by atoms with E-state index in [0.29, 0.717) is 0 Å². The smallest absolute Gasteiger partial charge is 0.0924 e. The molecule has 5 heteroatoms. The maximum atomic E-state index is 4.87. The SMILES string of the molecule is C=Cc1nsc([C@@H](C)C(=N/C=C\C)C2=NC=C(C(/C=C\C)=C/CC(=C)C)C2=C)c1C1=CCNCC1. The van der Waals surface area contributed by atoms with E-state index in [-0.39, 0.29) is 5.92 Å². The van der Waals surface area contributed by atoms with Crippen LogP contribution in [-0.4, -0.2) is 28.9 Å². The van der Waals surface area contributed by atoms with Gasteiger partial charge in [-0.2, -0.15) is 4.37 Å². The zero-order valence-corrected chi connectivity index (χ0v) is 22.2. The average Bonchev–Trinajstić information content (AvgIpc) is 3.46. The monoisotopic (exact) mass is 484 g/mol. The minimum Gasteiger partial charge on any atom is -0.313 e. The third-order valence-electron chi connectivity index (χ3n) is 5.99. The zero-order chi connectivity index (χ0) is 25.4. The van der Waals surface area contributed by atoms with Crippen LogP contribution in [0.4, 0.5) is 0 Å². The molecule has 0 unspecified atom stereocenters. The van der Waals surface area contributed by atoms with Gasteiger partial charge in [0.1, 0.15) is 0 Å². The molecule has 0 amide bonds. The molecule has 182 valence electrons. The van der Waals surface area contributed by atoms with E-state index < -0.39 is 0 Å². The fraction of sp³-hybridized carbons (Fsp3) is 0.300. The summed E-state index contributed by atoms with van der Waals surface area (Å²) in [5.74, 6) is -0.00370. The van der Waals surface area contributed by atoms with Gasteiger partial charge in [-0.1, -0.05) is 62.6 Å². The van der Waals surface area contributed by atoms with Crippen LogP contribution in [0.15, 0.2) is 94.8 Å². The van der Waals surface area contributed by atoms with Crippen LogP contribution in [0, 0.1) is 0 Å². The minimum atomic E-state index is -0.00370. The Balaban J connectivity index is 2.00. The molecule has 0 aromatic carbocycles. The average molecular weight is 485 g/mol. The van der Waals surface area contributed by atoms with Crippen LogP contribution in [0.1, 0.15) is 62.6 Å². The Morgan fingerprint density at radius 2 is 2.11 bits per heavy atom. The van der Waals surface area contributed by atoms with Crippen molar-refractivity contribution in [1.82, 2.24) is 9.69 Å².